The molecule has 4 rings (SSSR count). The summed E-state index contributed by atoms with van der Waals surface area (Å²) in [5.41, 5.74) is 5.81. The number of hydrogen-bond acceptors (Lipinski definition) is 4. The molecule has 8 heteroatoms. The van der Waals surface area contributed by atoms with Gasteiger partial charge in [-0.1, -0.05) is 37.6 Å². The van der Waals surface area contributed by atoms with Crippen molar-refractivity contribution in [2.45, 2.75) is 26.7 Å². The highest BCUT2D eigenvalue weighted by Gasteiger charge is 2.12. The van der Waals surface area contributed by atoms with Crippen molar-refractivity contribution >= 4 is 51.6 Å². The summed E-state index contributed by atoms with van der Waals surface area (Å²) in [5.74, 6) is 0.155. The van der Waals surface area contributed by atoms with Gasteiger partial charge in [0, 0.05) is 16.3 Å². The van der Waals surface area contributed by atoms with Crippen LogP contribution in [0.1, 0.15) is 41.3 Å². The molecule has 1 heterocycles. The number of carbonyl (C=O) groups excluding carboxylic acids is 1. The number of anilines is 1. The Balaban J connectivity index is 1.52. The largest absolute Gasteiger partial charge is 0.332 e. The number of fused-ring (bicyclic) bond motifs is 1. The lowest BCUT2D eigenvalue weighted by atomic mass is 10.0. The van der Waals surface area contributed by atoms with Crippen molar-refractivity contribution in [2.75, 3.05) is 5.32 Å². The van der Waals surface area contributed by atoms with Gasteiger partial charge in [-0.05, 0) is 84.7 Å². The van der Waals surface area contributed by atoms with Gasteiger partial charge >= 0.3 is 0 Å². The summed E-state index contributed by atoms with van der Waals surface area (Å²) in [6.07, 6.45) is 0. The highest BCUT2D eigenvalue weighted by molar-refractivity contribution is 7.80. The smallest absolute Gasteiger partial charge is 0.257 e. The van der Waals surface area contributed by atoms with Crippen LogP contribution in [0.4, 0.5) is 5.69 Å². The molecule has 0 saturated carbocycles. The summed E-state index contributed by atoms with van der Waals surface area (Å²) >= 11 is 11.2. The van der Waals surface area contributed by atoms with Crippen LogP contribution in [-0.2, 0) is 0 Å². The lowest BCUT2D eigenvalue weighted by Crippen LogP contribution is -2.34. The molecule has 1 aromatic heterocycles. The molecule has 0 aliphatic rings. The van der Waals surface area contributed by atoms with Crippen molar-refractivity contribution < 1.29 is 4.79 Å². The number of halogens is 1. The molecule has 32 heavy (non-hydrogen) atoms. The standard InChI is InChI=1S/C24H22ClN5OS/c1-14(2)16-6-10-19(11-7-16)30-28-21-12-15(3)20(13-22(21)29-30)26-24(32)27-23(31)17-4-8-18(25)9-5-17/h4-14H,1-3H3,(H2,26,27,31,32). The van der Waals surface area contributed by atoms with Gasteiger partial charge in [0.05, 0.1) is 5.69 Å². The highest BCUT2D eigenvalue weighted by Crippen LogP contribution is 2.23. The van der Waals surface area contributed by atoms with E-state index in [4.69, 9.17) is 23.8 Å². The molecule has 0 spiro atoms. The molecule has 1 amide bonds. The maximum Gasteiger partial charge on any atom is 0.257 e. The van der Waals surface area contributed by atoms with E-state index in [1.807, 2.05) is 31.2 Å². The van der Waals surface area contributed by atoms with E-state index in [0.29, 0.717) is 16.5 Å². The van der Waals surface area contributed by atoms with Crippen LogP contribution in [0.3, 0.4) is 0 Å². The van der Waals surface area contributed by atoms with Crippen molar-refractivity contribution in [1.82, 2.24) is 20.3 Å². The molecular formula is C24H22ClN5OS. The predicted molar refractivity (Wildman–Crippen MR) is 133 cm³/mol. The third-order valence-electron chi connectivity index (χ3n) is 5.10. The third-order valence-corrected chi connectivity index (χ3v) is 5.55. The number of nitrogens with zero attached hydrogens (tertiary/aromatic N) is 3. The van der Waals surface area contributed by atoms with E-state index >= 15 is 0 Å². The Hall–Kier alpha value is -3.29. The van der Waals surface area contributed by atoms with Gasteiger partial charge < -0.3 is 5.32 Å². The van der Waals surface area contributed by atoms with Gasteiger partial charge in [-0.2, -0.15) is 4.80 Å². The van der Waals surface area contributed by atoms with Crippen LogP contribution < -0.4 is 10.6 Å². The summed E-state index contributed by atoms with van der Waals surface area (Å²) in [7, 11) is 0. The van der Waals surface area contributed by atoms with E-state index in [1.54, 1.807) is 29.1 Å². The molecule has 162 valence electrons. The second-order valence-corrected chi connectivity index (χ2v) is 8.65. The van der Waals surface area contributed by atoms with Gasteiger partial charge in [-0.3, -0.25) is 10.1 Å². The Kier molecular flexibility index (Phi) is 6.21. The lowest BCUT2D eigenvalue weighted by molar-refractivity contribution is 0.0977. The highest BCUT2D eigenvalue weighted by atomic mass is 35.5. The van der Waals surface area contributed by atoms with Gasteiger partial charge in [0.25, 0.3) is 5.91 Å². The topological polar surface area (TPSA) is 71.8 Å². The van der Waals surface area contributed by atoms with Crippen LogP contribution in [0.2, 0.25) is 5.02 Å². The first kappa shape index (κ1) is 21.9. The first-order valence-electron chi connectivity index (χ1n) is 10.2. The van der Waals surface area contributed by atoms with Crippen LogP contribution in [0.5, 0.6) is 0 Å². The summed E-state index contributed by atoms with van der Waals surface area (Å²) in [4.78, 5) is 14.0. The molecule has 0 aliphatic carbocycles. The average molecular weight is 464 g/mol. The molecule has 0 unspecified atom stereocenters. The minimum absolute atomic E-state index is 0.198. The fourth-order valence-electron chi connectivity index (χ4n) is 3.24. The Labute approximate surface area is 196 Å². The fourth-order valence-corrected chi connectivity index (χ4v) is 3.57. The number of benzene rings is 3. The summed E-state index contributed by atoms with van der Waals surface area (Å²) in [6, 6.07) is 18.6. The average Bonchev–Trinajstić information content (AvgIpc) is 3.17. The van der Waals surface area contributed by atoms with Gasteiger partial charge in [-0.25, -0.2) is 0 Å². The molecule has 0 radical (unpaired) electrons. The van der Waals surface area contributed by atoms with E-state index in [2.05, 4.69) is 46.8 Å². The van der Waals surface area contributed by atoms with Gasteiger partial charge in [0.15, 0.2) is 5.11 Å². The maximum atomic E-state index is 12.4. The molecule has 0 bridgehead atoms. The van der Waals surface area contributed by atoms with E-state index in [-0.39, 0.29) is 11.0 Å². The van der Waals surface area contributed by atoms with Crippen LogP contribution in [0.15, 0.2) is 60.7 Å². The van der Waals surface area contributed by atoms with Gasteiger partial charge in [0.1, 0.15) is 11.0 Å². The Morgan fingerprint density at radius 2 is 1.62 bits per heavy atom. The van der Waals surface area contributed by atoms with Crippen LogP contribution in [0.25, 0.3) is 16.7 Å². The van der Waals surface area contributed by atoms with E-state index in [9.17, 15) is 4.79 Å². The molecule has 2 N–H and O–H groups in total. The molecular weight excluding hydrogens is 442 g/mol. The number of hydrogen-bond donors (Lipinski definition) is 2. The van der Waals surface area contributed by atoms with Crippen LogP contribution in [0, 0.1) is 6.92 Å². The SMILES string of the molecule is Cc1cc2nn(-c3ccc(C(C)C)cc3)nc2cc1NC(=S)NC(=O)c1ccc(Cl)cc1. The van der Waals surface area contributed by atoms with Crippen molar-refractivity contribution in [3.05, 3.63) is 82.4 Å². The second kappa shape index (κ2) is 9.06. The number of rotatable bonds is 4. The first-order valence-corrected chi connectivity index (χ1v) is 10.9. The van der Waals surface area contributed by atoms with E-state index in [0.717, 1.165) is 28.0 Å². The zero-order valence-corrected chi connectivity index (χ0v) is 19.5. The molecule has 3 aromatic carbocycles. The monoisotopic (exact) mass is 463 g/mol. The molecule has 0 saturated heterocycles. The van der Waals surface area contributed by atoms with Gasteiger partial charge in [0.2, 0.25) is 0 Å². The minimum Gasteiger partial charge on any atom is -0.332 e. The summed E-state index contributed by atoms with van der Waals surface area (Å²) < 4.78 is 0. The Morgan fingerprint density at radius 3 is 2.25 bits per heavy atom. The van der Waals surface area contributed by atoms with Crippen molar-refractivity contribution in [3.63, 3.8) is 0 Å². The zero-order chi connectivity index (χ0) is 22.8. The van der Waals surface area contributed by atoms with Crippen LogP contribution in [-0.4, -0.2) is 26.0 Å². The number of aromatic nitrogens is 3. The lowest BCUT2D eigenvalue weighted by Gasteiger charge is -2.11. The number of amides is 1. The normalized spacial score (nSPS) is 11.0. The third kappa shape index (κ3) is 4.79. The number of nitrogens with one attached hydrogen (secondary N) is 2. The Morgan fingerprint density at radius 1 is 1.00 bits per heavy atom. The first-order chi connectivity index (χ1) is 15.3. The van der Waals surface area contributed by atoms with E-state index < -0.39 is 0 Å². The fraction of sp³-hybridized carbons (Fsp3) is 0.167. The molecule has 0 aliphatic heterocycles. The summed E-state index contributed by atoms with van der Waals surface area (Å²) in [5, 5.41) is 15.7. The minimum atomic E-state index is -0.311. The maximum absolute atomic E-state index is 12.4. The molecule has 4 aromatic rings. The van der Waals surface area contributed by atoms with Crippen molar-refractivity contribution in [1.29, 1.82) is 0 Å². The second-order valence-electron chi connectivity index (χ2n) is 7.81. The van der Waals surface area contributed by atoms with Crippen molar-refractivity contribution in [2.24, 2.45) is 0 Å². The van der Waals surface area contributed by atoms with Gasteiger partial charge in [-0.15, -0.1) is 10.2 Å². The zero-order valence-electron chi connectivity index (χ0n) is 17.9. The Bertz CT molecular complexity index is 1300. The number of thiocarbonyl (C=S) groups is 1. The summed E-state index contributed by atoms with van der Waals surface area (Å²) in [6.45, 7) is 6.27. The predicted octanol–water partition coefficient (Wildman–Crippen LogP) is 5.63. The molecule has 0 atom stereocenters. The molecule has 0 fully saturated rings. The number of aryl methyl sites for hydroxylation is 1. The van der Waals surface area contributed by atoms with Crippen LogP contribution >= 0.6 is 23.8 Å². The van der Waals surface area contributed by atoms with E-state index in [1.165, 1.54) is 5.56 Å². The molecule has 6 nitrogen and oxygen atoms in total. The quantitative estimate of drug-likeness (QED) is 0.383. The van der Waals surface area contributed by atoms with Crippen molar-refractivity contribution in [3.8, 4) is 5.69 Å². The number of carbonyl (C=O) groups is 1.